The lowest BCUT2D eigenvalue weighted by molar-refractivity contribution is -0.117. The Morgan fingerprint density at radius 1 is 1.17 bits per heavy atom. The number of aromatic nitrogens is 1. The third-order valence-corrected chi connectivity index (χ3v) is 7.00. The van der Waals surface area contributed by atoms with E-state index in [0.717, 1.165) is 21.4 Å². The molecule has 1 amide bonds. The smallest absolute Gasteiger partial charge is 0.350 e. The van der Waals surface area contributed by atoms with Gasteiger partial charge in [0, 0.05) is 4.47 Å². The van der Waals surface area contributed by atoms with E-state index in [1.165, 1.54) is 11.0 Å². The highest BCUT2D eigenvalue weighted by Crippen LogP contribution is 2.43. The summed E-state index contributed by atoms with van der Waals surface area (Å²) in [7, 11) is 0. The first-order valence-corrected chi connectivity index (χ1v) is 12.4. The molecule has 178 valence electrons. The van der Waals surface area contributed by atoms with Gasteiger partial charge in [-0.1, -0.05) is 75.8 Å². The molecule has 0 aliphatic carbocycles. The number of nitrogens with zero attached hydrogens (tertiary/aromatic N) is 2. The summed E-state index contributed by atoms with van der Waals surface area (Å²) in [6.07, 6.45) is 2.96. The van der Waals surface area contributed by atoms with Crippen LogP contribution in [0.4, 0.5) is 5.13 Å². The number of hydrogen-bond acceptors (Lipinski definition) is 7. The van der Waals surface area contributed by atoms with Gasteiger partial charge >= 0.3 is 5.97 Å². The highest BCUT2D eigenvalue weighted by molar-refractivity contribution is 9.10. The lowest BCUT2D eigenvalue weighted by atomic mass is 9.96. The number of hydrogen-bond donors (Lipinski definition) is 1. The maximum absolute atomic E-state index is 13.3. The van der Waals surface area contributed by atoms with Gasteiger partial charge in [0.05, 0.1) is 23.9 Å². The summed E-state index contributed by atoms with van der Waals surface area (Å²) in [6, 6.07) is 15.4. The summed E-state index contributed by atoms with van der Waals surface area (Å²) in [5.74, 6) is -2.46. The van der Waals surface area contributed by atoms with E-state index in [0.29, 0.717) is 11.3 Å². The first-order chi connectivity index (χ1) is 16.8. The molecule has 9 heteroatoms. The normalized spacial score (nSPS) is 15.8. The first-order valence-electron chi connectivity index (χ1n) is 10.8. The van der Waals surface area contributed by atoms with Crippen LogP contribution in [0, 0.1) is 6.92 Å². The van der Waals surface area contributed by atoms with Crippen LogP contribution in [0.15, 0.2) is 76.5 Å². The molecule has 0 saturated carbocycles. The second-order valence-corrected chi connectivity index (χ2v) is 9.52. The number of halogens is 1. The van der Waals surface area contributed by atoms with Crippen molar-refractivity contribution < 1.29 is 24.2 Å². The molecule has 2 heterocycles. The summed E-state index contributed by atoms with van der Waals surface area (Å²) in [5, 5.41) is 11.0. The van der Waals surface area contributed by atoms with Crippen LogP contribution in [0.2, 0.25) is 0 Å². The van der Waals surface area contributed by atoms with Gasteiger partial charge in [-0.05, 0) is 43.2 Å². The van der Waals surface area contributed by atoms with Crippen molar-refractivity contribution in [1.82, 2.24) is 4.98 Å². The van der Waals surface area contributed by atoms with Crippen molar-refractivity contribution in [2.45, 2.75) is 19.9 Å². The molecule has 0 saturated heterocycles. The van der Waals surface area contributed by atoms with Crippen LogP contribution in [0.5, 0.6) is 0 Å². The van der Waals surface area contributed by atoms with Crippen LogP contribution in [0.3, 0.4) is 0 Å². The van der Waals surface area contributed by atoms with Crippen LogP contribution < -0.4 is 4.90 Å². The van der Waals surface area contributed by atoms with Gasteiger partial charge in [0.2, 0.25) is 0 Å². The lowest BCUT2D eigenvalue weighted by Crippen LogP contribution is -2.30. The number of anilines is 1. The quantitative estimate of drug-likeness (QED) is 0.304. The van der Waals surface area contributed by atoms with E-state index in [1.54, 1.807) is 44.2 Å². The van der Waals surface area contributed by atoms with Gasteiger partial charge in [-0.3, -0.25) is 14.5 Å². The van der Waals surface area contributed by atoms with E-state index in [1.807, 2.05) is 30.3 Å². The maximum Gasteiger partial charge on any atom is 0.350 e. The summed E-state index contributed by atoms with van der Waals surface area (Å²) >= 11 is 4.37. The largest absolute Gasteiger partial charge is 0.503 e. The van der Waals surface area contributed by atoms with Gasteiger partial charge in [0.1, 0.15) is 4.88 Å². The number of ketones is 1. The average molecular weight is 553 g/mol. The molecule has 0 fully saturated rings. The molecule has 1 unspecified atom stereocenters. The van der Waals surface area contributed by atoms with Crippen molar-refractivity contribution in [3.8, 4) is 0 Å². The Labute approximate surface area is 214 Å². The Morgan fingerprint density at radius 3 is 2.51 bits per heavy atom. The number of benzene rings is 2. The number of aliphatic hydroxyl groups excluding tert-OH is 1. The molecular weight excluding hydrogens is 532 g/mol. The van der Waals surface area contributed by atoms with Gasteiger partial charge in [0.15, 0.2) is 16.7 Å². The minimum absolute atomic E-state index is 0.0601. The molecule has 1 aromatic heterocycles. The SMILES string of the molecule is CCOC(=O)c1sc(N2C(=O)C(O)=C(C(=O)/C=C/c3ccccc3)C2c2ccc(Br)cc2)nc1C. The van der Waals surface area contributed by atoms with E-state index >= 15 is 0 Å². The third kappa shape index (κ3) is 4.96. The summed E-state index contributed by atoms with van der Waals surface area (Å²) < 4.78 is 5.91. The third-order valence-electron chi connectivity index (χ3n) is 5.34. The molecule has 0 radical (unpaired) electrons. The Hall–Kier alpha value is -3.56. The topological polar surface area (TPSA) is 96.8 Å². The van der Waals surface area contributed by atoms with Crippen molar-refractivity contribution in [2.24, 2.45) is 0 Å². The molecule has 1 atom stereocenters. The molecule has 0 bridgehead atoms. The lowest BCUT2D eigenvalue weighted by Gasteiger charge is -2.24. The van der Waals surface area contributed by atoms with Crippen molar-refractivity contribution in [3.63, 3.8) is 0 Å². The van der Waals surface area contributed by atoms with Crippen molar-refractivity contribution in [3.05, 3.63) is 98.2 Å². The van der Waals surface area contributed by atoms with Gasteiger partial charge in [0.25, 0.3) is 5.91 Å². The highest BCUT2D eigenvalue weighted by atomic mass is 79.9. The molecule has 1 N–H and O–H groups in total. The van der Waals surface area contributed by atoms with E-state index < -0.39 is 29.5 Å². The molecule has 1 aliphatic heterocycles. The van der Waals surface area contributed by atoms with Crippen LogP contribution in [-0.4, -0.2) is 34.4 Å². The summed E-state index contributed by atoms with van der Waals surface area (Å²) in [6.45, 7) is 3.54. The number of aryl methyl sites for hydroxylation is 1. The zero-order valence-electron chi connectivity index (χ0n) is 18.9. The number of aliphatic hydroxyl groups is 1. The molecule has 2 aromatic carbocycles. The zero-order valence-corrected chi connectivity index (χ0v) is 21.3. The predicted molar refractivity (Wildman–Crippen MR) is 137 cm³/mol. The van der Waals surface area contributed by atoms with E-state index in [4.69, 9.17) is 4.74 Å². The molecule has 3 aromatic rings. The summed E-state index contributed by atoms with van der Waals surface area (Å²) in [4.78, 5) is 44.8. The Balaban J connectivity index is 1.78. The Kier molecular flexibility index (Phi) is 7.28. The second-order valence-electron chi connectivity index (χ2n) is 7.63. The fourth-order valence-corrected chi connectivity index (χ4v) is 4.96. The minimum Gasteiger partial charge on any atom is -0.503 e. The maximum atomic E-state index is 13.3. The van der Waals surface area contributed by atoms with Gasteiger partial charge in [-0.2, -0.15) is 0 Å². The van der Waals surface area contributed by atoms with Gasteiger partial charge in [-0.15, -0.1) is 0 Å². The van der Waals surface area contributed by atoms with E-state index in [-0.39, 0.29) is 22.2 Å². The summed E-state index contributed by atoms with van der Waals surface area (Å²) in [5.41, 5.74) is 1.74. The monoisotopic (exact) mass is 552 g/mol. The van der Waals surface area contributed by atoms with Crippen LogP contribution in [-0.2, 0) is 14.3 Å². The van der Waals surface area contributed by atoms with Crippen LogP contribution in [0.1, 0.15) is 39.5 Å². The molecule has 35 heavy (non-hydrogen) atoms. The second kappa shape index (κ2) is 10.4. The number of allylic oxidation sites excluding steroid dienone is 1. The van der Waals surface area contributed by atoms with Gasteiger partial charge < -0.3 is 9.84 Å². The minimum atomic E-state index is -0.927. The highest BCUT2D eigenvalue weighted by Gasteiger charge is 2.45. The Bertz CT molecular complexity index is 1350. The average Bonchev–Trinajstić information content (AvgIpc) is 3.36. The number of carbonyl (C=O) groups excluding carboxylic acids is 3. The van der Waals surface area contributed by atoms with Crippen LogP contribution >= 0.6 is 27.3 Å². The molecule has 1 aliphatic rings. The van der Waals surface area contributed by atoms with Crippen molar-refractivity contribution >= 4 is 56.1 Å². The fourth-order valence-electron chi connectivity index (χ4n) is 3.71. The van der Waals surface area contributed by atoms with Crippen LogP contribution in [0.25, 0.3) is 6.08 Å². The standard InChI is InChI=1S/C26H21BrN2O5S/c1-3-34-25(33)23-15(2)28-26(35-23)29-21(17-10-12-18(27)13-11-17)20(22(31)24(29)32)19(30)14-9-16-7-5-4-6-8-16/h4-14,21,31H,3H2,1-2H3/b14-9+. The fraction of sp³-hybridized carbons (Fsp3) is 0.154. The molecular formula is C26H21BrN2O5S. The number of thiazole rings is 1. The number of ether oxygens (including phenoxy) is 1. The van der Waals surface area contributed by atoms with Gasteiger partial charge in [-0.25, -0.2) is 9.78 Å². The molecule has 0 spiro atoms. The number of amides is 1. The number of carbonyl (C=O) groups is 3. The first kappa shape index (κ1) is 24.6. The zero-order chi connectivity index (χ0) is 25.1. The van der Waals surface area contributed by atoms with E-state index in [9.17, 15) is 19.5 Å². The van der Waals surface area contributed by atoms with Crippen molar-refractivity contribution in [1.29, 1.82) is 0 Å². The number of rotatable bonds is 7. The number of esters is 1. The Morgan fingerprint density at radius 2 is 1.86 bits per heavy atom. The molecule has 7 nitrogen and oxygen atoms in total. The predicted octanol–water partition coefficient (Wildman–Crippen LogP) is 5.57. The van der Waals surface area contributed by atoms with E-state index in [2.05, 4.69) is 20.9 Å². The molecule has 4 rings (SSSR count). The van der Waals surface area contributed by atoms with Crippen molar-refractivity contribution in [2.75, 3.05) is 11.5 Å².